The van der Waals surface area contributed by atoms with Gasteiger partial charge in [-0.3, -0.25) is 0 Å². The molecule has 0 aliphatic carbocycles. The summed E-state index contributed by atoms with van der Waals surface area (Å²) in [5.74, 6) is 2.27. The maximum absolute atomic E-state index is 5.69. The quantitative estimate of drug-likeness (QED) is 0.348. The molecule has 1 aliphatic heterocycles. The van der Waals surface area contributed by atoms with Gasteiger partial charge in [-0.05, 0) is 72.9 Å². The van der Waals surface area contributed by atoms with Crippen molar-refractivity contribution in [3.8, 4) is 5.75 Å². The number of benzene rings is 2. The molecule has 34 heavy (non-hydrogen) atoms. The fourth-order valence-corrected chi connectivity index (χ4v) is 5.04. The van der Waals surface area contributed by atoms with Gasteiger partial charge in [-0.15, -0.1) is 11.8 Å². The van der Waals surface area contributed by atoms with E-state index in [1.54, 1.807) is 0 Å². The lowest BCUT2D eigenvalue weighted by Gasteiger charge is -2.33. The second kappa shape index (κ2) is 10.3. The third-order valence-electron chi connectivity index (χ3n) is 5.75. The van der Waals surface area contributed by atoms with Gasteiger partial charge >= 0.3 is 0 Å². The van der Waals surface area contributed by atoms with Crippen LogP contribution >= 0.6 is 11.8 Å². The molecule has 5 rings (SSSR count). The van der Waals surface area contributed by atoms with Crippen molar-refractivity contribution in [1.29, 1.82) is 0 Å². The highest BCUT2D eigenvalue weighted by Crippen LogP contribution is 2.34. The van der Waals surface area contributed by atoms with Crippen LogP contribution in [0, 0.1) is 6.92 Å². The first-order valence-corrected chi connectivity index (χ1v) is 12.5. The molecule has 1 fully saturated rings. The maximum atomic E-state index is 5.69. The molecule has 0 atom stereocenters. The second-order valence-corrected chi connectivity index (χ2v) is 9.80. The van der Waals surface area contributed by atoms with E-state index in [0.717, 1.165) is 49.6 Å². The Morgan fingerprint density at radius 1 is 1.00 bits per heavy atom. The van der Waals surface area contributed by atoms with Gasteiger partial charge in [0, 0.05) is 28.9 Å². The van der Waals surface area contributed by atoms with Gasteiger partial charge in [0.2, 0.25) is 11.3 Å². The standard InChI is InChI=1S/C25H28N6O2S/c1-3-16-32-19-8-6-18(7-9-19)26-24-25(28-23-22(27-24)29-33-30-23)31-14-12-21(13-15-31)34-20-10-4-17(2)5-11-20/h4-11,21H,3,12-16H2,1-2H3,(H,26,27,29). The molecule has 0 spiro atoms. The lowest BCUT2D eigenvalue weighted by Crippen LogP contribution is -2.36. The third-order valence-corrected chi connectivity index (χ3v) is 7.10. The predicted molar refractivity (Wildman–Crippen MR) is 135 cm³/mol. The normalized spacial score (nSPS) is 14.5. The van der Waals surface area contributed by atoms with E-state index in [1.807, 2.05) is 36.0 Å². The average molecular weight is 477 g/mol. The molecule has 3 heterocycles. The van der Waals surface area contributed by atoms with E-state index in [-0.39, 0.29) is 0 Å². The Morgan fingerprint density at radius 2 is 1.71 bits per heavy atom. The number of aromatic nitrogens is 4. The molecule has 8 nitrogen and oxygen atoms in total. The Kier molecular flexibility index (Phi) is 6.80. The van der Waals surface area contributed by atoms with Gasteiger partial charge < -0.3 is 15.0 Å². The highest BCUT2D eigenvalue weighted by Gasteiger charge is 2.25. The zero-order chi connectivity index (χ0) is 23.3. The number of thioether (sulfide) groups is 1. The molecule has 2 aromatic heterocycles. The number of nitrogens with zero attached hydrogens (tertiary/aromatic N) is 5. The Balaban J connectivity index is 1.31. The van der Waals surface area contributed by atoms with E-state index in [9.17, 15) is 0 Å². The molecule has 176 valence electrons. The van der Waals surface area contributed by atoms with E-state index >= 15 is 0 Å². The fourth-order valence-electron chi connectivity index (χ4n) is 3.92. The SMILES string of the molecule is CCCOc1ccc(Nc2nc3nonc3nc2N2CCC(Sc3ccc(C)cc3)CC2)cc1. The minimum Gasteiger partial charge on any atom is -0.494 e. The molecule has 0 radical (unpaired) electrons. The first-order valence-electron chi connectivity index (χ1n) is 11.7. The Labute approximate surface area is 203 Å². The molecule has 0 bridgehead atoms. The van der Waals surface area contributed by atoms with Crippen LogP contribution in [0.4, 0.5) is 17.3 Å². The highest BCUT2D eigenvalue weighted by molar-refractivity contribution is 8.00. The number of fused-ring (bicyclic) bond motifs is 1. The predicted octanol–water partition coefficient (Wildman–Crippen LogP) is 5.61. The summed E-state index contributed by atoms with van der Waals surface area (Å²) in [7, 11) is 0. The van der Waals surface area contributed by atoms with Crippen molar-refractivity contribution >= 4 is 40.4 Å². The molecular weight excluding hydrogens is 448 g/mol. The zero-order valence-electron chi connectivity index (χ0n) is 19.4. The van der Waals surface area contributed by atoms with E-state index in [4.69, 9.17) is 14.3 Å². The zero-order valence-corrected chi connectivity index (χ0v) is 20.2. The van der Waals surface area contributed by atoms with Gasteiger partial charge in [0.15, 0.2) is 11.6 Å². The van der Waals surface area contributed by atoms with Crippen molar-refractivity contribution in [2.75, 3.05) is 29.9 Å². The summed E-state index contributed by atoms with van der Waals surface area (Å²) in [6, 6.07) is 16.6. The van der Waals surface area contributed by atoms with Gasteiger partial charge in [-0.1, -0.05) is 24.6 Å². The number of aryl methyl sites for hydroxylation is 1. The largest absolute Gasteiger partial charge is 0.494 e. The monoisotopic (exact) mass is 476 g/mol. The number of nitrogens with one attached hydrogen (secondary N) is 1. The molecule has 0 saturated carbocycles. The van der Waals surface area contributed by atoms with E-state index in [1.165, 1.54) is 10.5 Å². The summed E-state index contributed by atoms with van der Waals surface area (Å²) >= 11 is 1.96. The smallest absolute Gasteiger partial charge is 0.245 e. The van der Waals surface area contributed by atoms with E-state index < -0.39 is 0 Å². The van der Waals surface area contributed by atoms with E-state index in [0.29, 0.717) is 29.0 Å². The highest BCUT2D eigenvalue weighted by atomic mass is 32.2. The maximum Gasteiger partial charge on any atom is 0.245 e. The van der Waals surface area contributed by atoms with E-state index in [2.05, 4.69) is 63.6 Å². The fraction of sp³-hybridized carbons (Fsp3) is 0.360. The minimum absolute atomic E-state index is 0.388. The van der Waals surface area contributed by atoms with Crippen molar-refractivity contribution in [1.82, 2.24) is 20.3 Å². The van der Waals surface area contributed by atoms with Crippen LogP contribution in [0.2, 0.25) is 0 Å². The Hall–Kier alpha value is -3.33. The van der Waals surface area contributed by atoms with Crippen LogP contribution in [0.25, 0.3) is 11.3 Å². The van der Waals surface area contributed by atoms with Crippen molar-refractivity contribution in [3.05, 3.63) is 54.1 Å². The topological polar surface area (TPSA) is 89.2 Å². The van der Waals surface area contributed by atoms with Crippen LogP contribution in [-0.2, 0) is 0 Å². The van der Waals surface area contributed by atoms with Gasteiger partial charge in [0.1, 0.15) is 5.75 Å². The first kappa shape index (κ1) is 22.5. The summed E-state index contributed by atoms with van der Waals surface area (Å²) in [4.78, 5) is 13.0. The van der Waals surface area contributed by atoms with Crippen LogP contribution in [0.5, 0.6) is 5.75 Å². The van der Waals surface area contributed by atoms with Gasteiger partial charge in [-0.2, -0.15) is 0 Å². The van der Waals surface area contributed by atoms with Gasteiger partial charge in [0.25, 0.3) is 0 Å². The molecule has 1 N–H and O–H groups in total. The molecule has 2 aromatic carbocycles. The van der Waals surface area contributed by atoms with Crippen LogP contribution in [0.1, 0.15) is 31.7 Å². The Morgan fingerprint density at radius 3 is 2.41 bits per heavy atom. The summed E-state index contributed by atoms with van der Waals surface area (Å²) in [6.45, 7) is 6.71. The average Bonchev–Trinajstić information content (AvgIpc) is 3.32. The summed E-state index contributed by atoms with van der Waals surface area (Å²) < 4.78 is 10.6. The van der Waals surface area contributed by atoms with Crippen molar-refractivity contribution in [2.24, 2.45) is 0 Å². The number of rotatable bonds is 8. The summed E-state index contributed by atoms with van der Waals surface area (Å²) in [5, 5.41) is 11.8. The number of anilines is 3. The number of hydrogen-bond acceptors (Lipinski definition) is 9. The number of piperidine rings is 1. The van der Waals surface area contributed by atoms with Crippen molar-refractivity contribution in [2.45, 2.75) is 43.3 Å². The minimum atomic E-state index is 0.388. The van der Waals surface area contributed by atoms with Gasteiger partial charge in [-0.25, -0.2) is 14.6 Å². The van der Waals surface area contributed by atoms with Crippen molar-refractivity contribution < 1.29 is 9.37 Å². The number of hydrogen-bond donors (Lipinski definition) is 1. The van der Waals surface area contributed by atoms with Crippen LogP contribution < -0.4 is 15.0 Å². The van der Waals surface area contributed by atoms with Crippen molar-refractivity contribution in [3.63, 3.8) is 0 Å². The molecule has 0 amide bonds. The molecule has 0 unspecified atom stereocenters. The van der Waals surface area contributed by atoms with Crippen LogP contribution in [0.15, 0.2) is 58.1 Å². The van der Waals surface area contributed by atoms with Crippen LogP contribution in [0.3, 0.4) is 0 Å². The molecule has 1 aliphatic rings. The van der Waals surface area contributed by atoms with Crippen LogP contribution in [-0.4, -0.2) is 45.2 Å². The second-order valence-electron chi connectivity index (χ2n) is 8.42. The first-order chi connectivity index (χ1) is 16.7. The molecular formula is C25H28N6O2S. The summed E-state index contributed by atoms with van der Waals surface area (Å²) in [5.41, 5.74) is 3.00. The molecule has 9 heteroatoms. The van der Waals surface area contributed by atoms with Gasteiger partial charge in [0.05, 0.1) is 6.61 Å². The molecule has 1 saturated heterocycles. The third kappa shape index (κ3) is 5.25. The Bertz CT molecular complexity index is 1220. The molecule has 4 aromatic rings. The lowest BCUT2D eigenvalue weighted by molar-refractivity contribution is 0.314. The summed E-state index contributed by atoms with van der Waals surface area (Å²) in [6.07, 6.45) is 3.11. The lowest BCUT2D eigenvalue weighted by atomic mass is 10.1. The number of ether oxygens (including phenoxy) is 1.